The van der Waals surface area contributed by atoms with Crippen molar-refractivity contribution in [2.45, 2.75) is 20.5 Å². The molecule has 1 heterocycles. The van der Waals surface area contributed by atoms with Gasteiger partial charge < -0.3 is 14.6 Å². The summed E-state index contributed by atoms with van der Waals surface area (Å²) in [5, 5.41) is 11.0. The van der Waals surface area contributed by atoms with Crippen LogP contribution in [0, 0.1) is 13.8 Å². The van der Waals surface area contributed by atoms with Gasteiger partial charge in [0.1, 0.15) is 5.75 Å². The van der Waals surface area contributed by atoms with Crippen molar-refractivity contribution in [3.63, 3.8) is 0 Å². The summed E-state index contributed by atoms with van der Waals surface area (Å²) in [6, 6.07) is 9.46. The number of carboxylic acids is 1. The lowest BCUT2D eigenvalue weighted by molar-refractivity contribution is -0.305. The molecule has 0 atom stereocenters. The van der Waals surface area contributed by atoms with Gasteiger partial charge in [-0.15, -0.1) is 0 Å². The highest BCUT2D eigenvalue weighted by molar-refractivity contribution is 6.34. The molecular weight excluding hydrogens is 384 g/mol. The molecule has 150 valence electrons. The Hall–Kier alpha value is -3.55. The Morgan fingerprint density at radius 2 is 1.69 bits per heavy atom. The summed E-state index contributed by atoms with van der Waals surface area (Å²) >= 11 is 0. The Bertz CT molecular complexity index is 1020. The van der Waals surface area contributed by atoms with Crippen molar-refractivity contribution in [2.75, 3.05) is 6.54 Å². The minimum absolute atomic E-state index is 0.0475. The van der Waals surface area contributed by atoms with Crippen LogP contribution in [-0.2, 0) is 9.59 Å². The molecule has 1 aliphatic heterocycles. The third-order valence-electron chi connectivity index (χ3n) is 4.46. The van der Waals surface area contributed by atoms with Crippen molar-refractivity contribution >= 4 is 29.4 Å². The van der Waals surface area contributed by atoms with E-state index in [2.05, 4.69) is 4.74 Å². The van der Waals surface area contributed by atoms with Gasteiger partial charge >= 0.3 is 6.61 Å². The first-order valence-electron chi connectivity index (χ1n) is 8.62. The van der Waals surface area contributed by atoms with Crippen LogP contribution >= 0.6 is 0 Å². The van der Waals surface area contributed by atoms with Crippen LogP contribution in [-0.4, -0.2) is 35.8 Å². The van der Waals surface area contributed by atoms with Crippen LogP contribution in [0.3, 0.4) is 0 Å². The number of carbonyl (C=O) groups excluding carboxylic acids is 3. The number of fused-ring (bicyclic) bond motifs is 1. The molecule has 8 heteroatoms. The Balaban J connectivity index is 2.12. The average molecular weight is 400 g/mol. The number of hydrogen-bond acceptors (Lipinski definition) is 5. The number of nitrogens with zero attached hydrogens (tertiary/aromatic N) is 1. The van der Waals surface area contributed by atoms with Crippen molar-refractivity contribution in [3.8, 4) is 5.75 Å². The molecule has 0 radical (unpaired) electrons. The standard InChI is InChI=1S/C21H17F2NO5/c1-11-7-13(8-12(2)18(11)29-21(22)23)9-16-14-5-3-4-6-15(14)19(27)24(20(16)28)10-17(25)26/h3-9,21H,10H2,1-2H3,(H,25,26)/p-1/b16-9-. The van der Waals surface area contributed by atoms with E-state index in [-0.39, 0.29) is 16.9 Å². The maximum absolute atomic E-state index is 12.8. The number of aryl methyl sites for hydroxylation is 2. The van der Waals surface area contributed by atoms with E-state index in [4.69, 9.17) is 0 Å². The molecule has 2 aromatic carbocycles. The normalized spacial score (nSPS) is 15.1. The molecule has 6 nitrogen and oxygen atoms in total. The number of amides is 2. The van der Waals surface area contributed by atoms with E-state index in [1.807, 2.05) is 0 Å². The van der Waals surface area contributed by atoms with E-state index in [0.717, 1.165) is 0 Å². The summed E-state index contributed by atoms with van der Waals surface area (Å²) in [5.74, 6) is -3.02. The third kappa shape index (κ3) is 4.01. The molecule has 0 aromatic heterocycles. The van der Waals surface area contributed by atoms with Crippen LogP contribution in [0.25, 0.3) is 11.6 Å². The highest BCUT2D eigenvalue weighted by atomic mass is 19.3. The van der Waals surface area contributed by atoms with Gasteiger partial charge in [0, 0.05) is 11.1 Å². The van der Waals surface area contributed by atoms with Crippen molar-refractivity contribution in [1.82, 2.24) is 4.90 Å². The van der Waals surface area contributed by atoms with E-state index >= 15 is 0 Å². The second-order valence-electron chi connectivity index (χ2n) is 6.53. The summed E-state index contributed by atoms with van der Waals surface area (Å²) in [7, 11) is 0. The Morgan fingerprint density at radius 3 is 2.24 bits per heavy atom. The first kappa shape index (κ1) is 20.2. The molecule has 0 N–H and O–H groups in total. The SMILES string of the molecule is Cc1cc(/C=C2\C(=O)N(CC(=O)[O-])C(=O)c3ccccc32)cc(C)c1OC(F)F. The summed E-state index contributed by atoms with van der Waals surface area (Å²) in [6.45, 7) is -0.653. The highest BCUT2D eigenvalue weighted by Gasteiger charge is 2.34. The van der Waals surface area contributed by atoms with E-state index in [9.17, 15) is 28.3 Å². The lowest BCUT2D eigenvalue weighted by Gasteiger charge is -2.29. The highest BCUT2D eigenvalue weighted by Crippen LogP contribution is 2.32. The van der Waals surface area contributed by atoms with Crippen LogP contribution < -0.4 is 9.84 Å². The Labute approximate surface area is 165 Å². The molecule has 2 amide bonds. The fourth-order valence-corrected chi connectivity index (χ4v) is 3.32. The van der Waals surface area contributed by atoms with Crippen LogP contribution in [0.1, 0.15) is 32.6 Å². The minimum Gasteiger partial charge on any atom is -0.548 e. The van der Waals surface area contributed by atoms with Gasteiger partial charge in [-0.25, -0.2) is 0 Å². The number of ether oxygens (including phenoxy) is 1. The van der Waals surface area contributed by atoms with E-state index in [1.165, 1.54) is 12.1 Å². The largest absolute Gasteiger partial charge is 0.548 e. The average Bonchev–Trinajstić information content (AvgIpc) is 2.65. The molecule has 0 fully saturated rings. The fourth-order valence-electron chi connectivity index (χ4n) is 3.32. The molecule has 2 aromatic rings. The van der Waals surface area contributed by atoms with Gasteiger partial charge in [0.15, 0.2) is 0 Å². The second kappa shape index (κ2) is 7.83. The summed E-state index contributed by atoms with van der Waals surface area (Å²) in [5.41, 5.74) is 2.06. The molecular formula is C21H16F2NO5-. The first-order chi connectivity index (χ1) is 13.7. The molecule has 0 saturated carbocycles. The molecule has 0 aliphatic carbocycles. The zero-order valence-corrected chi connectivity index (χ0v) is 15.6. The number of halogens is 2. The molecule has 0 bridgehead atoms. The molecule has 3 rings (SSSR count). The van der Waals surface area contributed by atoms with Crippen LogP contribution in [0.5, 0.6) is 5.75 Å². The number of rotatable bonds is 5. The summed E-state index contributed by atoms with van der Waals surface area (Å²) in [4.78, 5) is 37.0. The van der Waals surface area contributed by atoms with Gasteiger partial charge in [-0.2, -0.15) is 8.78 Å². The quantitative estimate of drug-likeness (QED) is 0.567. The zero-order valence-electron chi connectivity index (χ0n) is 15.6. The van der Waals surface area contributed by atoms with Gasteiger partial charge in [-0.05, 0) is 60.4 Å². The van der Waals surface area contributed by atoms with Gasteiger partial charge in [0.05, 0.1) is 12.5 Å². The zero-order chi connectivity index (χ0) is 21.3. The monoisotopic (exact) mass is 400 g/mol. The van der Waals surface area contributed by atoms with E-state index in [0.29, 0.717) is 27.2 Å². The molecule has 1 aliphatic rings. The van der Waals surface area contributed by atoms with Crippen molar-refractivity contribution in [2.24, 2.45) is 0 Å². The van der Waals surface area contributed by atoms with Gasteiger partial charge in [0.2, 0.25) is 0 Å². The van der Waals surface area contributed by atoms with Crippen LogP contribution in [0.2, 0.25) is 0 Å². The summed E-state index contributed by atoms with van der Waals surface area (Å²) < 4.78 is 29.7. The second-order valence-corrected chi connectivity index (χ2v) is 6.53. The molecule has 0 saturated heterocycles. The van der Waals surface area contributed by atoms with Crippen molar-refractivity contribution in [3.05, 3.63) is 64.2 Å². The minimum atomic E-state index is -2.97. The third-order valence-corrected chi connectivity index (χ3v) is 4.46. The number of alkyl halides is 2. The first-order valence-corrected chi connectivity index (χ1v) is 8.62. The van der Waals surface area contributed by atoms with E-state index in [1.54, 1.807) is 44.2 Å². The maximum atomic E-state index is 12.8. The van der Waals surface area contributed by atoms with Gasteiger partial charge in [-0.1, -0.05) is 18.2 Å². The maximum Gasteiger partial charge on any atom is 0.387 e. The number of carbonyl (C=O) groups is 3. The molecule has 0 unspecified atom stereocenters. The lowest BCUT2D eigenvalue weighted by Crippen LogP contribution is -2.47. The number of benzene rings is 2. The van der Waals surface area contributed by atoms with Crippen LogP contribution in [0.15, 0.2) is 36.4 Å². The molecule has 0 spiro atoms. The predicted octanol–water partition coefficient (Wildman–Crippen LogP) is 2.18. The van der Waals surface area contributed by atoms with Crippen LogP contribution in [0.4, 0.5) is 8.78 Å². The predicted molar refractivity (Wildman–Crippen MR) is 97.9 cm³/mol. The van der Waals surface area contributed by atoms with Crippen molar-refractivity contribution < 1.29 is 33.0 Å². The Morgan fingerprint density at radius 1 is 1.10 bits per heavy atom. The molecule has 29 heavy (non-hydrogen) atoms. The van der Waals surface area contributed by atoms with Gasteiger partial charge in [-0.3, -0.25) is 14.5 Å². The smallest absolute Gasteiger partial charge is 0.387 e. The number of aliphatic carboxylic acids is 1. The number of hydrogen-bond donors (Lipinski definition) is 0. The van der Waals surface area contributed by atoms with Crippen molar-refractivity contribution in [1.29, 1.82) is 0 Å². The fraction of sp³-hybridized carbons (Fsp3) is 0.190. The van der Waals surface area contributed by atoms with Gasteiger partial charge in [0.25, 0.3) is 11.8 Å². The lowest BCUT2D eigenvalue weighted by atomic mass is 9.91. The topological polar surface area (TPSA) is 86.7 Å². The summed E-state index contributed by atoms with van der Waals surface area (Å²) in [6.07, 6.45) is 1.49. The number of imide groups is 1. The Kier molecular flexibility index (Phi) is 5.45. The number of carboxylic acid groups (broad SMARTS) is 1. The van der Waals surface area contributed by atoms with E-state index < -0.39 is 30.9 Å².